The van der Waals surface area contributed by atoms with Crippen molar-refractivity contribution in [3.8, 4) is 0 Å². The van der Waals surface area contributed by atoms with E-state index in [1.807, 2.05) is 32.6 Å². The van der Waals surface area contributed by atoms with E-state index in [0.717, 1.165) is 11.4 Å². The Balaban J connectivity index is 2.23. The summed E-state index contributed by atoms with van der Waals surface area (Å²) in [6.45, 7) is 6.47. The van der Waals surface area contributed by atoms with Gasteiger partial charge in [0.05, 0.1) is 17.6 Å². The molecule has 0 radical (unpaired) electrons. The second-order valence-electron chi connectivity index (χ2n) is 5.50. The number of pyridine rings is 1. The summed E-state index contributed by atoms with van der Waals surface area (Å²) in [7, 11) is 4.09. The van der Waals surface area contributed by atoms with Gasteiger partial charge in [0.15, 0.2) is 0 Å². The molecule has 0 saturated carbocycles. The molecule has 0 aliphatic heterocycles. The molecule has 0 aliphatic rings. The molecule has 3 nitrogen and oxygen atoms in total. The zero-order valence-electron chi connectivity index (χ0n) is 12.9. The third-order valence-electron chi connectivity index (χ3n) is 3.68. The fourth-order valence-corrected chi connectivity index (χ4v) is 2.24. The molecule has 1 atom stereocenters. The average molecular weight is 269 g/mol. The lowest BCUT2D eigenvalue weighted by molar-refractivity contribution is 0.878. The number of rotatable bonds is 4. The molecule has 20 heavy (non-hydrogen) atoms. The van der Waals surface area contributed by atoms with Gasteiger partial charge in [0, 0.05) is 26.3 Å². The van der Waals surface area contributed by atoms with E-state index in [-0.39, 0.29) is 6.04 Å². The molecule has 1 heterocycles. The first-order chi connectivity index (χ1) is 9.49. The standard InChI is InChI=1S/C17H23N3/c1-12-6-7-15(10-13(12)2)14(3)19-16-11-18-9-8-17(16)20(4)5/h6-11,14,19H,1-5H3. The lowest BCUT2D eigenvalue weighted by atomic mass is 10.0. The van der Waals surface area contributed by atoms with Crippen molar-refractivity contribution in [2.75, 3.05) is 24.3 Å². The number of aromatic nitrogens is 1. The van der Waals surface area contributed by atoms with Gasteiger partial charge in [-0.3, -0.25) is 4.98 Å². The normalized spacial score (nSPS) is 12.1. The molecule has 0 saturated heterocycles. The largest absolute Gasteiger partial charge is 0.376 e. The molecule has 106 valence electrons. The van der Waals surface area contributed by atoms with Crippen LogP contribution in [0.3, 0.4) is 0 Å². The topological polar surface area (TPSA) is 28.2 Å². The molecule has 0 fully saturated rings. The van der Waals surface area contributed by atoms with Crippen LogP contribution in [0.2, 0.25) is 0 Å². The van der Waals surface area contributed by atoms with Crippen molar-refractivity contribution in [3.63, 3.8) is 0 Å². The molecular weight excluding hydrogens is 246 g/mol. The molecule has 2 rings (SSSR count). The molecule has 0 bridgehead atoms. The van der Waals surface area contributed by atoms with Crippen molar-refractivity contribution < 1.29 is 0 Å². The summed E-state index contributed by atoms with van der Waals surface area (Å²) in [5, 5.41) is 3.55. The van der Waals surface area contributed by atoms with Crippen LogP contribution >= 0.6 is 0 Å². The summed E-state index contributed by atoms with van der Waals surface area (Å²) in [4.78, 5) is 6.31. The highest BCUT2D eigenvalue weighted by Gasteiger charge is 2.10. The summed E-state index contributed by atoms with van der Waals surface area (Å²) in [5.41, 5.74) is 6.16. The Morgan fingerprint density at radius 3 is 2.50 bits per heavy atom. The highest BCUT2D eigenvalue weighted by molar-refractivity contribution is 5.68. The smallest absolute Gasteiger partial charge is 0.0768 e. The predicted octanol–water partition coefficient (Wildman–Crippen LogP) is 3.94. The Morgan fingerprint density at radius 2 is 1.85 bits per heavy atom. The molecule has 2 aromatic rings. The Kier molecular flexibility index (Phi) is 4.28. The van der Waals surface area contributed by atoms with Crippen LogP contribution in [0, 0.1) is 13.8 Å². The minimum absolute atomic E-state index is 0.247. The van der Waals surface area contributed by atoms with E-state index >= 15 is 0 Å². The summed E-state index contributed by atoms with van der Waals surface area (Å²) in [6.07, 6.45) is 3.70. The van der Waals surface area contributed by atoms with Crippen LogP contribution in [-0.2, 0) is 0 Å². The lowest BCUT2D eigenvalue weighted by Gasteiger charge is -2.22. The van der Waals surface area contributed by atoms with Crippen molar-refractivity contribution in [1.29, 1.82) is 0 Å². The predicted molar refractivity (Wildman–Crippen MR) is 86.5 cm³/mol. The highest BCUT2D eigenvalue weighted by atomic mass is 15.1. The van der Waals surface area contributed by atoms with Crippen LogP contribution in [-0.4, -0.2) is 19.1 Å². The number of benzene rings is 1. The maximum absolute atomic E-state index is 4.22. The SMILES string of the molecule is Cc1ccc(C(C)Nc2cnccc2N(C)C)cc1C. The molecule has 1 aromatic carbocycles. The van der Waals surface area contributed by atoms with Crippen LogP contribution < -0.4 is 10.2 Å². The summed E-state index contributed by atoms with van der Waals surface area (Å²) >= 11 is 0. The molecule has 1 N–H and O–H groups in total. The van der Waals surface area contributed by atoms with Crippen LogP contribution in [0.1, 0.15) is 29.7 Å². The minimum atomic E-state index is 0.247. The van der Waals surface area contributed by atoms with E-state index in [9.17, 15) is 0 Å². The maximum atomic E-state index is 4.22. The number of hydrogen-bond donors (Lipinski definition) is 1. The highest BCUT2D eigenvalue weighted by Crippen LogP contribution is 2.27. The van der Waals surface area contributed by atoms with Crippen molar-refractivity contribution in [1.82, 2.24) is 4.98 Å². The summed E-state index contributed by atoms with van der Waals surface area (Å²) in [6, 6.07) is 8.89. The Morgan fingerprint density at radius 1 is 1.10 bits per heavy atom. The van der Waals surface area contributed by atoms with Crippen molar-refractivity contribution in [2.45, 2.75) is 26.8 Å². The maximum Gasteiger partial charge on any atom is 0.0768 e. The molecule has 3 heteroatoms. The van der Waals surface area contributed by atoms with E-state index in [0.29, 0.717) is 0 Å². The van der Waals surface area contributed by atoms with Gasteiger partial charge in [0.1, 0.15) is 0 Å². The molecular formula is C17H23N3. The third-order valence-corrected chi connectivity index (χ3v) is 3.68. The van der Waals surface area contributed by atoms with E-state index < -0.39 is 0 Å². The van der Waals surface area contributed by atoms with Gasteiger partial charge >= 0.3 is 0 Å². The second kappa shape index (κ2) is 5.95. The van der Waals surface area contributed by atoms with Gasteiger partial charge in [-0.1, -0.05) is 18.2 Å². The average Bonchev–Trinajstić information content (AvgIpc) is 2.42. The first-order valence-electron chi connectivity index (χ1n) is 6.94. The van der Waals surface area contributed by atoms with Gasteiger partial charge in [-0.2, -0.15) is 0 Å². The first-order valence-corrected chi connectivity index (χ1v) is 6.94. The van der Waals surface area contributed by atoms with Gasteiger partial charge in [0.25, 0.3) is 0 Å². The van der Waals surface area contributed by atoms with E-state index in [1.165, 1.54) is 16.7 Å². The zero-order valence-corrected chi connectivity index (χ0v) is 12.9. The number of aryl methyl sites for hydroxylation is 2. The summed E-state index contributed by atoms with van der Waals surface area (Å²) < 4.78 is 0. The Labute approximate surface area is 121 Å². The summed E-state index contributed by atoms with van der Waals surface area (Å²) in [5.74, 6) is 0. The minimum Gasteiger partial charge on any atom is -0.376 e. The zero-order chi connectivity index (χ0) is 14.7. The van der Waals surface area contributed by atoms with Gasteiger partial charge in [0.2, 0.25) is 0 Å². The molecule has 0 aliphatic carbocycles. The molecule has 1 unspecified atom stereocenters. The monoisotopic (exact) mass is 269 g/mol. The van der Waals surface area contributed by atoms with E-state index in [2.05, 4.69) is 54.2 Å². The van der Waals surface area contributed by atoms with E-state index in [4.69, 9.17) is 0 Å². The van der Waals surface area contributed by atoms with Crippen LogP contribution in [0.5, 0.6) is 0 Å². The first kappa shape index (κ1) is 14.4. The molecule has 0 spiro atoms. The van der Waals surface area contributed by atoms with Crippen molar-refractivity contribution in [2.24, 2.45) is 0 Å². The van der Waals surface area contributed by atoms with E-state index in [1.54, 1.807) is 0 Å². The second-order valence-corrected chi connectivity index (χ2v) is 5.50. The van der Waals surface area contributed by atoms with Crippen molar-refractivity contribution >= 4 is 11.4 Å². The van der Waals surface area contributed by atoms with Crippen LogP contribution in [0.25, 0.3) is 0 Å². The van der Waals surface area contributed by atoms with Crippen LogP contribution in [0.15, 0.2) is 36.7 Å². The number of anilines is 2. The number of nitrogens with one attached hydrogen (secondary N) is 1. The molecule has 0 amide bonds. The quantitative estimate of drug-likeness (QED) is 0.911. The lowest BCUT2D eigenvalue weighted by Crippen LogP contribution is -2.14. The molecule has 1 aromatic heterocycles. The third kappa shape index (κ3) is 3.10. The van der Waals surface area contributed by atoms with Crippen LogP contribution in [0.4, 0.5) is 11.4 Å². The fourth-order valence-electron chi connectivity index (χ4n) is 2.24. The fraction of sp³-hybridized carbons (Fsp3) is 0.353. The Hall–Kier alpha value is -2.03. The van der Waals surface area contributed by atoms with Gasteiger partial charge in [-0.15, -0.1) is 0 Å². The van der Waals surface area contributed by atoms with Crippen molar-refractivity contribution in [3.05, 3.63) is 53.3 Å². The van der Waals surface area contributed by atoms with Gasteiger partial charge in [-0.05, 0) is 43.5 Å². The number of hydrogen-bond acceptors (Lipinski definition) is 3. The van der Waals surface area contributed by atoms with Gasteiger partial charge < -0.3 is 10.2 Å². The van der Waals surface area contributed by atoms with Gasteiger partial charge in [-0.25, -0.2) is 0 Å². The number of nitrogens with zero attached hydrogens (tertiary/aromatic N) is 2. The Bertz CT molecular complexity index is 591.